The highest BCUT2D eigenvalue weighted by molar-refractivity contribution is 5.84. The largest absolute Gasteiger partial charge is 0.458 e. The first-order valence-corrected chi connectivity index (χ1v) is 6.38. The highest BCUT2D eigenvalue weighted by Crippen LogP contribution is 2.16. The van der Waals surface area contributed by atoms with Crippen molar-refractivity contribution in [2.24, 2.45) is 0 Å². The van der Waals surface area contributed by atoms with E-state index in [2.05, 4.69) is 29.3 Å². The molecule has 0 radical (unpaired) electrons. The number of hydrogen-bond acceptors (Lipinski definition) is 2. The van der Waals surface area contributed by atoms with Crippen LogP contribution in [0.5, 0.6) is 0 Å². The van der Waals surface area contributed by atoms with Crippen molar-refractivity contribution in [3.05, 3.63) is 73.1 Å². The van der Waals surface area contributed by atoms with Crippen molar-refractivity contribution >= 4 is 22.3 Å². The SMILES string of the molecule is C=CC(=O)OCc1ccc2c[n+]3ccccc3cc2c1. The molecule has 20 heavy (non-hydrogen) atoms. The summed E-state index contributed by atoms with van der Waals surface area (Å²) in [6.07, 6.45) is 5.28. The summed E-state index contributed by atoms with van der Waals surface area (Å²) < 4.78 is 7.13. The zero-order valence-electron chi connectivity index (χ0n) is 11.0. The van der Waals surface area contributed by atoms with Crippen molar-refractivity contribution in [1.29, 1.82) is 0 Å². The van der Waals surface area contributed by atoms with E-state index in [-0.39, 0.29) is 6.61 Å². The van der Waals surface area contributed by atoms with Gasteiger partial charge in [-0.25, -0.2) is 4.79 Å². The molecule has 1 aromatic carbocycles. The van der Waals surface area contributed by atoms with Crippen LogP contribution in [0.2, 0.25) is 0 Å². The Kier molecular flexibility index (Phi) is 3.17. The summed E-state index contributed by atoms with van der Waals surface area (Å²) in [5.41, 5.74) is 2.09. The predicted octanol–water partition coefficient (Wildman–Crippen LogP) is 2.81. The van der Waals surface area contributed by atoms with Gasteiger partial charge in [0, 0.05) is 29.7 Å². The summed E-state index contributed by atoms with van der Waals surface area (Å²) >= 11 is 0. The zero-order chi connectivity index (χ0) is 13.9. The van der Waals surface area contributed by atoms with Crippen LogP contribution in [0.1, 0.15) is 5.56 Å². The number of rotatable bonds is 3. The molecule has 0 unspecified atom stereocenters. The number of pyridine rings is 2. The van der Waals surface area contributed by atoms with Gasteiger partial charge < -0.3 is 4.74 Å². The van der Waals surface area contributed by atoms with Crippen LogP contribution in [0, 0.1) is 0 Å². The van der Waals surface area contributed by atoms with Crippen LogP contribution in [-0.2, 0) is 16.1 Å². The smallest absolute Gasteiger partial charge is 0.330 e. The molecule has 3 aromatic rings. The van der Waals surface area contributed by atoms with E-state index >= 15 is 0 Å². The van der Waals surface area contributed by atoms with Gasteiger partial charge in [0.15, 0.2) is 12.4 Å². The minimum Gasteiger partial charge on any atom is -0.458 e. The Morgan fingerprint density at radius 2 is 2.10 bits per heavy atom. The van der Waals surface area contributed by atoms with Gasteiger partial charge in [-0.2, -0.15) is 4.40 Å². The third kappa shape index (κ3) is 2.38. The third-order valence-corrected chi connectivity index (χ3v) is 3.20. The van der Waals surface area contributed by atoms with E-state index in [0.717, 1.165) is 21.9 Å². The van der Waals surface area contributed by atoms with Gasteiger partial charge in [-0.1, -0.05) is 12.6 Å². The molecule has 3 rings (SSSR count). The maximum Gasteiger partial charge on any atom is 0.330 e. The van der Waals surface area contributed by atoms with Crippen molar-refractivity contribution in [2.75, 3.05) is 0 Å². The molecule has 0 N–H and O–H groups in total. The fourth-order valence-electron chi connectivity index (χ4n) is 2.19. The monoisotopic (exact) mass is 264 g/mol. The van der Waals surface area contributed by atoms with Gasteiger partial charge in [-0.05, 0) is 29.1 Å². The van der Waals surface area contributed by atoms with Crippen LogP contribution in [0.25, 0.3) is 16.3 Å². The normalized spacial score (nSPS) is 10.6. The maximum atomic E-state index is 11.1. The third-order valence-electron chi connectivity index (χ3n) is 3.20. The van der Waals surface area contributed by atoms with Crippen LogP contribution in [0.15, 0.2) is 67.5 Å². The Morgan fingerprint density at radius 3 is 2.95 bits per heavy atom. The molecular weight excluding hydrogens is 250 g/mol. The Bertz CT molecular complexity index is 808. The number of ether oxygens (including phenoxy) is 1. The van der Waals surface area contributed by atoms with E-state index in [1.807, 2.05) is 36.5 Å². The highest BCUT2D eigenvalue weighted by atomic mass is 16.5. The van der Waals surface area contributed by atoms with Gasteiger partial charge in [-0.15, -0.1) is 0 Å². The number of aromatic nitrogens is 1. The van der Waals surface area contributed by atoms with Gasteiger partial charge in [0.2, 0.25) is 5.52 Å². The molecule has 0 saturated carbocycles. The summed E-state index contributed by atoms with van der Waals surface area (Å²) in [5.74, 6) is -0.404. The standard InChI is InChI=1S/C17H14NO2/c1-2-17(19)20-12-13-6-7-14-11-18-8-4-3-5-16(18)10-15(14)9-13/h2-11H,1,12H2/q+1. The summed E-state index contributed by atoms with van der Waals surface area (Å²) in [7, 11) is 0. The molecule has 0 amide bonds. The molecule has 2 aromatic heterocycles. The van der Waals surface area contributed by atoms with Crippen LogP contribution < -0.4 is 4.40 Å². The van der Waals surface area contributed by atoms with Gasteiger partial charge in [0.25, 0.3) is 0 Å². The van der Waals surface area contributed by atoms with Gasteiger partial charge in [0.1, 0.15) is 6.61 Å². The Labute approximate surface area is 116 Å². The number of nitrogens with zero attached hydrogens (tertiary/aromatic N) is 1. The second kappa shape index (κ2) is 5.13. The molecular formula is C17H14NO2+. The minimum absolute atomic E-state index is 0.265. The second-order valence-corrected chi connectivity index (χ2v) is 4.58. The van der Waals surface area contributed by atoms with E-state index in [1.54, 1.807) is 0 Å². The van der Waals surface area contributed by atoms with E-state index in [9.17, 15) is 4.79 Å². The summed E-state index contributed by atoms with van der Waals surface area (Å²) in [4.78, 5) is 11.1. The molecule has 0 aliphatic carbocycles. The molecule has 0 saturated heterocycles. The van der Waals surface area contributed by atoms with E-state index in [0.29, 0.717) is 0 Å². The minimum atomic E-state index is -0.404. The van der Waals surface area contributed by atoms with Crippen molar-refractivity contribution in [3.8, 4) is 0 Å². The van der Waals surface area contributed by atoms with Gasteiger partial charge >= 0.3 is 5.97 Å². The van der Waals surface area contributed by atoms with E-state index in [1.165, 1.54) is 6.08 Å². The number of fused-ring (bicyclic) bond motifs is 2. The fraction of sp³-hybridized carbons (Fsp3) is 0.0588. The molecule has 0 atom stereocenters. The molecule has 98 valence electrons. The summed E-state index contributed by atoms with van der Waals surface area (Å²) in [6.45, 7) is 3.64. The molecule has 0 aliphatic rings. The zero-order valence-corrected chi connectivity index (χ0v) is 11.0. The summed E-state index contributed by atoms with van der Waals surface area (Å²) in [5, 5.41) is 2.27. The van der Waals surface area contributed by atoms with E-state index in [4.69, 9.17) is 4.74 Å². The Morgan fingerprint density at radius 1 is 1.20 bits per heavy atom. The first-order valence-electron chi connectivity index (χ1n) is 6.38. The van der Waals surface area contributed by atoms with Crippen LogP contribution >= 0.6 is 0 Å². The molecule has 0 aliphatic heterocycles. The van der Waals surface area contributed by atoms with Crippen LogP contribution in [0.3, 0.4) is 0 Å². The first-order chi connectivity index (χ1) is 9.76. The highest BCUT2D eigenvalue weighted by Gasteiger charge is 2.06. The number of benzene rings is 1. The van der Waals surface area contributed by atoms with Crippen molar-refractivity contribution in [2.45, 2.75) is 6.61 Å². The fourth-order valence-corrected chi connectivity index (χ4v) is 2.19. The first kappa shape index (κ1) is 12.4. The lowest BCUT2D eigenvalue weighted by Gasteiger charge is -2.04. The Hall–Kier alpha value is -2.68. The van der Waals surface area contributed by atoms with Crippen molar-refractivity contribution < 1.29 is 13.9 Å². The number of carbonyl (C=O) groups is 1. The molecule has 0 spiro atoms. The van der Waals surface area contributed by atoms with Crippen molar-refractivity contribution in [1.82, 2.24) is 0 Å². The molecule has 3 nitrogen and oxygen atoms in total. The van der Waals surface area contributed by atoms with Crippen molar-refractivity contribution in [3.63, 3.8) is 0 Å². The molecule has 3 heteroatoms. The van der Waals surface area contributed by atoms with Crippen LogP contribution in [-0.4, -0.2) is 5.97 Å². The lowest BCUT2D eigenvalue weighted by Crippen LogP contribution is -2.19. The van der Waals surface area contributed by atoms with Crippen LogP contribution in [0.4, 0.5) is 0 Å². The number of hydrogen-bond donors (Lipinski definition) is 0. The number of carbonyl (C=O) groups excluding carboxylic acids is 1. The van der Waals surface area contributed by atoms with Gasteiger partial charge in [0.05, 0.1) is 0 Å². The number of esters is 1. The average molecular weight is 264 g/mol. The lowest BCUT2D eigenvalue weighted by atomic mass is 10.1. The lowest BCUT2D eigenvalue weighted by molar-refractivity contribution is -0.510. The average Bonchev–Trinajstić information content (AvgIpc) is 2.50. The Balaban J connectivity index is 1.99. The predicted molar refractivity (Wildman–Crippen MR) is 77.1 cm³/mol. The second-order valence-electron chi connectivity index (χ2n) is 4.58. The maximum absolute atomic E-state index is 11.1. The molecule has 2 heterocycles. The van der Waals surface area contributed by atoms with E-state index < -0.39 is 5.97 Å². The molecule has 0 bridgehead atoms. The van der Waals surface area contributed by atoms with Gasteiger partial charge in [-0.3, -0.25) is 0 Å². The molecule has 0 fully saturated rings. The quantitative estimate of drug-likeness (QED) is 0.315. The summed E-state index contributed by atoms with van der Waals surface area (Å²) in [6, 6.07) is 14.2. The topological polar surface area (TPSA) is 30.4 Å².